The summed E-state index contributed by atoms with van der Waals surface area (Å²) in [5, 5.41) is 9.66. The van der Waals surface area contributed by atoms with Crippen LogP contribution in [-0.4, -0.2) is 15.0 Å². The third-order valence-electron chi connectivity index (χ3n) is 10.7. The quantitative estimate of drug-likeness (QED) is 0.168. The Morgan fingerprint density at radius 3 is 1.36 bits per heavy atom. The Balaban J connectivity index is 1.17. The Morgan fingerprint density at radius 2 is 0.745 bits per heavy atom. The van der Waals surface area contributed by atoms with Crippen LogP contribution in [0.1, 0.15) is 0 Å². The summed E-state index contributed by atoms with van der Waals surface area (Å²) in [5.41, 5.74) is 8.76. The van der Waals surface area contributed by atoms with Gasteiger partial charge in [-0.3, -0.25) is 0 Å². The molecule has 2 heterocycles. The first kappa shape index (κ1) is 31.1. The summed E-state index contributed by atoms with van der Waals surface area (Å²) in [6.07, 6.45) is 0. The molecule has 55 heavy (non-hydrogen) atoms. The minimum atomic E-state index is 0.581. The van der Waals surface area contributed by atoms with Gasteiger partial charge in [0.05, 0.1) is 0 Å². The van der Waals surface area contributed by atoms with Gasteiger partial charge in [0.15, 0.2) is 17.5 Å². The van der Waals surface area contributed by atoms with Crippen molar-refractivity contribution in [2.24, 2.45) is 0 Å². The molecule has 0 atom stereocenters. The van der Waals surface area contributed by atoms with E-state index in [0.29, 0.717) is 17.5 Å². The van der Waals surface area contributed by atoms with Gasteiger partial charge in [-0.15, -0.1) is 0 Å². The Bertz CT molecular complexity index is 3170. The molecule has 0 spiro atoms. The van der Waals surface area contributed by atoms with E-state index in [1.807, 2.05) is 72.8 Å². The van der Waals surface area contributed by atoms with Crippen LogP contribution in [0.15, 0.2) is 192 Å². The van der Waals surface area contributed by atoms with Crippen molar-refractivity contribution in [1.29, 1.82) is 0 Å². The molecule has 4 heteroatoms. The summed E-state index contributed by atoms with van der Waals surface area (Å²) in [7, 11) is 0. The van der Waals surface area contributed by atoms with Gasteiger partial charge in [-0.1, -0.05) is 164 Å². The van der Waals surface area contributed by atoms with E-state index >= 15 is 0 Å². The lowest BCUT2D eigenvalue weighted by atomic mass is 9.88. The molecule has 0 unspecified atom stereocenters. The highest BCUT2D eigenvalue weighted by molar-refractivity contribution is 6.26. The lowest BCUT2D eigenvalue weighted by Crippen LogP contribution is -2.00. The molecule has 0 fully saturated rings. The number of nitrogens with zero attached hydrogens (tertiary/aromatic N) is 3. The maximum atomic E-state index is 6.63. The van der Waals surface area contributed by atoms with Gasteiger partial charge in [-0.25, -0.2) is 15.0 Å². The molecule has 0 bridgehead atoms. The molecule has 0 saturated carbocycles. The van der Waals surface area contributed by atoms with Crippen molar-refractivity contribution in [3.8, 4) is 56.4 Å². The number of benzene rings is 9. The largest absolute Gasteiger partial charge is 0.456 e. The number of para-hydroxylation sites is 1. The maximum absolute atomic E-state index is 6.63. The number of hydrogen-bond donors (Lipinski definition) is 0. The molecule has 0 saturated heterocycles. The highest BCUT2D eigenvalue weighted by Gasteiger charge is 2.21. The van der Waals surface area contributed by atoms with E-state index in [4.69, 9.17) is 19.4 Å². The summed E-state index contributed by atoms with van der Waals surface area (Å²) < 4.78 is 6.63. The second-order valence-electron chi connectivity index (χ2n) is 13.9. The van der Waals surface area contributed by atoms with E-state index in [1.54, 1.807) is 0 Å². The summed E-state index contributed by atoms with van der Waals surface area (Å²) in [6.45, 7) is 0. The second kappa shape index (κ2) is 12.6. The standard InChI is InChI=1S/C51H31N3O/c1-3-15-32(16-4-1)49-52-50(33-17-5-2-6-18-33)54-51(53-49)35-30-45(48-43-25-13-14-26-46(43)55-47(48)31-35)37-20-8-7-19-36(37)34-27-28-42-40-23-10-9-21-38(40)39-22-11-12-24-41(39)44(42)29-34/h1-31H. The molecule has 9 aromatic carbocycles. The van der Waals surface area contributed by atoms with Crippen LogP contribution in [0.25, 0.3) is 111 Å². The second-order valence-corrected chi connectivity index (χ2v) is 13.9. The molecule has 4 nitrogen and oxygen atoms in total. The minimum Gasteiger partial charge on any atom is -0.456 e. The predicted molar refractivity (Wildman–Crippen MR) is 227 cm³/mol. The Morgan fingerprint density at radius 1 is 0.273 bits per heavy atom. The first-order valence-corrected chi connectivity index (χ1v) is 18.5. The molecule has 0 N–H and O–H groups in total. The number of hydrogen-bond acceptors (Lipinski definition) is 4. The van der Waals surface area contributed by atoms with Gasteiger partial charge in [-0.2, -0.15) is 0 Å². The van der Waals surface area contributed by atoms with Gasteiger partial charge in [0.1, 0.15) is 11.2 Å². The molecular formula is C51H31N3O. The van der Waals surface area contributed by atoms with Crippen molar-refractivity contribution in [1.82, 2.24) is 15.0 Å². The highest BCUT2D eigenvalue weighted by Crippen LogP contribution is 2.44. The summed E-state index contributed by atoms with van der Waals surface area (Å²) in [4.78, 5) is 15.1. The molecule has 0 amide bonds. The van der Waals surface area contributed by atoms with Crippen LogP contribution >= 0.6 is 0 Å². The maximum Gasteiger partial charge on any atom is 0.164 e. The van der Waals surface area contributed by atoms with Gasteiger partial charge in [0.25, 0.3) is 0 Å². The van der Waals surface area contributed by atoms with Crippen molar-refractivity contribution in [2.45, 2.75) is 0 Å². The predicted octanol–water partition coefficient (Wildman–Crippen LogP) is 13.6. The molecule has 0 aliphatic carbocycles. The lowest BCUT2D eigenvalue weighted by Gasteiger charge is -2.15. The lowest BCUT2D eigenvalue weighted by molar-refractivity contribution is 0.669. The Kier molecular flexibility index (Phi) is 7.14. The summed E-state index contributed by atoms with van der Waals surface area (Å²) in [6, 6.07) is 65.8. The van der Waals surface area contributed by atoms with Crippen molar-refractivity contribution in [3.63, 3.8) is 0 Å². The van der Waals surface area contributed by atoms with E-state index in [2.05, 4.69) is 115 Å². The van der Waals surface area contributed by atoms with E-state index in [-0.39, 0.29) is 0 Å². The number of furan rings is 1. The average molecular weight is 702 g/mol. The molecule has 0 aliphatic rings. The topological polar surface area (TPSA) is 51.8 Å². The third-order valence-corrected chi connectivity index (χ3v) is 10.7. The first-order chi connectivity index (χ1) is 27.3. The third kappa shape index (κ3) is 5.19. The molecule has 11 rings (SSSR count). The SMILES string of the molecule is c1ccc(-c2nc(-c3ccccc3)nc(-c3cc(-c4ccccc4-c4ccc5c6ccccc6c6ccccc6c5c4)c4c(c3)oc3ccccc34)n2)cc1. The van der Waals surface area contributed by atoms with Crippen molar-refractivity contribution in [3.05, 3.63) is 188 Å². The Hall–Kier alpha value is -7.43. The van der Waals surface area contributed by atoms with Crippen LogP contribution in [0.2, 0.25) is 0 Å². The molecule has 11 aromatic rings. The molecule has 0 aliphatic heterocycles. The fourth-order valence-corrected chi connectivity index (χ4v) is 8.18. The van der Waals surface area contributed by atoms with Crippen LogP contribution in [0.4, 0.5) is 0 Å². The molecule has 2 aromatic heterocycles. The number of fused-ring (bicyclic) bond motifs is 9. The van der Waals surface area contributed by atoms with E-state index in [1.165, 1.54) is 32.3 Å². The van der Waals surface area contributed by atoms with Crippen LogP contribution in [0, 0.1) is 0 Å². The van der Waals surface area contributed by atoms with Crippen LogP contribution in [-0.2, 0) is 0 Å². The fourth-order valence-electron chi connectivity index (χ4n) is 8.18. The molecule has 0 radical (unpaired) electrons. The van der Waals surface area contributed by atoms with Gasteiger partial charge >= 0.3 is 0 Å². The fraction of sp³-hybridized carbons (Fsp3) is 0. The van der Waals surface area contributed by atoms with Gasteiger partial charge in [0, 0.05) is 27.5 Å². The molecule has 256 valence electrons. The molecular weight excluding hydrogens is 671 g/mol. The summed E-state index contributed by atoms with van der Waals surface area (Å²) >= 11 is 0. The Labute approximate surface area is 317 Å². The zero-order valence-electron chi connectivity index (χ0n) is 29.6. The number of aromatic nitrogens is 3. The zero-order chi connectivity index (χ0) is 36.3. The van der Waals surface area contributed by atoms with E-state index in [0.717, 1.165) is 60.9 Å². The first-order valence-electron chi connectivity index (χ1n) is 18.5. The average Bonchev–Trinajstić information content (AvgIpc) is 3.65. The van der Waals surface area contributed by atoms with Gasteiger partial charge < -0.3 is 4.42 Å². The van der Waals surface area contributed by atoms with E-state index < -0.39 is 0 Å². The van der Waals surface area contributed by atoms with Crippen molar-refractivity contribution >= 4 is 54.3 Å². The van der Waals surface area contributed by atoms with Crippen LogP contribution in [0.3, 0.4) is 0 Å². The van der Waals surface area contributed by atoms with Crippen molar-refractivity contribution < 1.29 is 4.42 Å². The zero-order valence-corrected chi connectivity index (χ0v) is 29.6. The normalized spacial score (nSPS) is 11.6. The van der Waals surface area contributed by atoms with Gasteiger partial charge in [0.2, 0.25) is 0 Å². The van der Waals surface area contributed by atoms with E-state index in [9.17, 15) is 0 Å². The number of rotatable bonds is 5. The minimum absolute atomic E-state index is 0.581. The van der Waals surface area contributed by atoms with Crippen LogP contribution < -0.4 is 0 Å². The van der Waals surface area contributed by atoms with Crippen molar-refractivity contribution in [2.75, 3.05) is 0 Å². The van der Waals surface area contributed by atoms with Crippen LogP contribution in [0.5, 0.6) is 0 Å². The summed E-state index contributed by atoms with van der Waals surface area (Å²) in [5.74, 6) is 1.82. The van der Waals surface area contributed by atoms with Gasteiger partial charge in [-0.05, 0) is 78.8 Å². The monoisotopic (exact) mass is 701 g/mol. The highest BCUT2D eigenvalue weighted by atomic mass is 16.3. The smallest absolute Gasteiger partial charge is 0.164 e.